The number of imidazole rings is 1. The standard InChI is InChI=1S/C14H12ClN3O/c1-19-12-6-5-8(7-10(12)16)14-17-11-4-2-3-9(15)13(11)18-14/h2-7H,16H2,1H3,(H,17,18). The first kappa shape index (κ1) is 11.9. The molecule has 19 heavy (non-hydrogen) atoms. The van der Waals surface area contributed by atoms with E-state index in [1.165, 1.54) is 0 Å². The molecule has 5 heteroatoms. The second-order valence-corrected chi connectivity index (χ2v) is 4.59. The topological polar surface area (TPSA) is 63.9 Å². The fraction of sp³-hybridized carbons (Fsp3) is 0.0714. The first-order valence-electron chi connectivity index (χ1n) is 5.77. The number of fused-ring (bicyclic) bond motifs is 1. The Bertz CT molecular complexity index is 752. The number of aromatic nitrogens is 2. The molecule has 96 valence electrons. The van der Waals surface area contributed by atoms with E-state index in [4.69, 9.17) is 22.1 Å². The zero-order chi connectivity index (χ0) is 13.4. The third-order valence-corrected chi connectivity index (χ3v) is 3.27. The van der Waals surface area contributed by atoms with Crippen LogP contribution in [0.4, 0.5) is 5.69 Å². The number of H-pyrrole nitrogens is 1. The maximum atomic E-state index is 6.11. The first-order chi connectivity index (χ1) is 9.19. The molecule has 0 fully saturated rings. The van der Waals surface area contributed by atoms with Gasteiger partial charge in [0.05, 0.1) is 23.3 Å². The van der Waals surface area contributed by atoms with Gasteiger partial charge >= 0.3 is 0 Å². The van der Waals surface area contributed by atoms with Crippen molar-refractivity contribution in [1.82, 2.24) is 9.97 Å². The van der Waals surface area contributed by atoms with Crippen LogP contribution < -0.4 is 10.5 Å². The minimum Gasteiger partial charge on any atom is -0.495 e. The van der Waals surface area contributed by atoms with Crippen LogP contribution in [0.2, 0.25) is 5.02 Å². The number of nitrogens with zero attached hydrogens (tertiary/aromatic N) is 1. The van der Waals surface area contributed by atoms with Gasteiger partial charge in [0.1, 0.15) is 17.1 Å². The Morgan fingerprint density at radius 3 is 2.79 bits per heavy atom. The third-order valence-electron chi connectivity index (χ3n) is 2.97. The third kappa shape index (κ3) is 2.00. The molecule has 0 unspecified atom stereocenters. The number of ether oxygens (including phenoxy) is 1. The Morgan fingerprint density at radius 2 is 2.11 bits per heavy atom. The highest BCUT2D eigenvalue weighted by Crippen LogP contribution is 2.29. The summed E-state index contributed by atoms with van der Waals surface area (Å²) in [6, 6.07) is 11.2. The van der Waals surface area contributed by atoms with Crippen LogP contribution in [0.1, 0.15) is 0 Å². The number of aromatic amines is 1. The molecule has 2 aromatic carbocycles. The van der Waals surface area contributed by atoms with Gasteiger partial charge in [0, 0.05) is 5.56 Å². The van der Waals surface area contributed by atoms with Gasteiger partial charge in [0.2, 0.25) is 0 Å². The zero-order valence-corrected chi connectivity index (χ0v) is 11.0. The Balaban J connectivity index is 2.14. The predicted octanol–water partition coefficient (Wildman–Crippen LogP) is 3.47. The number of hydrogen-bond acceptors (Lipinski definition) is 3. The summed E-state index contributed by atoms with van der Waals surface area (Å²) in [5.74, 6) is 1.38. The van der Waals surface area contributed by atoms with E-state index in [1.54, 1.807) is 7.11 Å². The van der Waals surface area contributed by atoms with Crippen LogP contribution in [-0.4, -0.2) is 17.1 Å². The predicted molar refractivity (Wildman–Crippen MR) is 77.5 cm³/mol. The molecule has 0 aliphatic heterocycles. The number of hydrogen-bond donors (Lipinski definition) is 2. The van der Waals surface area contributed by atoms with E-state index in [-0.39, 0.29) is 0 Å². The molecule has 0 atom stereocenters. The normalized spacial score (nSPS) is 10.8. The number of methoxy groups -OCH3 is 1. The summed E-state index contributed by atoms with van der Waals surface area (Å²) in [5.41, 5.74) is 9.03. The number of halogens is 1. The van der Waals surface area contributed by atoms with E-state index in [9.17, 15) is 0 Å². The lowest BCUT2D eigenvalue weighted by Crippen LogP contribution is -1.92. The van der Waals surface area contributed by atoms with Crippen molar-refractivity contribution in [2.75, 3.05) is 12.8 Å². The minimum absolute atomic E-state index is 0.576. The molecule has 0 bridgehead atoms. The van der Waals surface area contributed by atoms with Crippen molar-refractivity contribution in [3.63, 3.8) is 0 Å². The van der Waals surface area contributed by atoms with Crippen molar-refractivity contribution in [2.24, 2.45) is 0 Å². The lowest BCUT2D eigenvalue weighted by Gasteiger charge is -2.05. The molecule has 4 nitrogen and oxygen atoms in total. The van der Waals surface area contributed by atoms with Crippen molar-refractivity contribution in [3.8, 4) is 17.1 Å². The van der Waals surface area contributed by atoms with Gasteiger partial charge in [0.25, 0.3) is 0 Å². The SMILES string of the molecule is COc1ccc(-c2nc3c(Cl)cccc3[nH]2)cc1N. The average Bonchev–Trinajstić information content (AvgIpc) is 2.84. The average molecular weight is 274 g/mol. The smallest absolute Gasteiger partial charge is 0.141 e. The van der Waals surface area contributed by atoms with Gasteiger partial charge in [-0.3, -0.25) is 0 Å². The van der Waals surface area contributed by atoms with Gasteiger partial charge in [-0.25, -0.2) is 4.98 Å². The quantitative estimate of drug-likeness (QED) is 0.703. The van der Waals surface area contributed by atoms with Gasteiger partial charge < -0.3 is 15.5 Å². The summed E-state index contributed by atoms with van der Waals surface area (Å²) < 4.78 is 5.14. The monoisotopic (exact) mass is 273 g/mol. The fourth-order valence-corrected chi connectivity index (χ4v) is 2.23. The van der Waals surface area contributed by atoms with Crippen molar-refractivity contribution in [2.45, 2.75) is 0 Å². The number of para-hydroxylation sites is 1. The van der Waals surface area contributed by atoms with Crippen LogP contribution in [-0.2, 0) is 0 Å². The van der Waals surface area contributed by atoms with Crippen LogP contribution in [0.15, 0.2) is 36.4 Å². The maximum absolute atomic E-state index is 6.11. The Labute approximate surface area is 115 Å². The molecule has 0 aliphatic carbocycles. The molecule has 0 radical (unpaired) electrons. The number of nitrogens with two attached hydrogens (primary N) is 1. The van der Waals surface area contributed by atoms with Crippen molar-refractivity contribution >= 4 is 28.3 Å². The van der Waals surface area contributed by atoms with Crippen molar-refractivity contribution in [3.05, 3.63) is 41.4 Å². The summed E-state index contributed by atoms with van der Waals surface area (Å²) in [7, 11) is 1.59. The van der Waals surface area contributed by atoms with Gasteiger partial charge in [-0.05, 0) is 30.3 Å². The van der Waals surface area contributed by atoms with E-state index in [1.807, 2.05) is 36.4 Å². The molecule has 3 aromatic rings. The molecule has 3 N–H and O–H groups in total. The molecular formula is C14H12ClN3O. The van der Waals surface area contributed by atoms with Crippen LogP contribution in [0.25, 0.3) is 22.4 Å². The molecule has 0 saturated carbocycles. The van der Waals surface area contributed by atoms with Crippen molar-refractivity contribution in [1.29, 1.82) is 0 Å². The second kappa shape index (κ2) is 4.48. The summed E-state index contributed by atoms with van der Waals surface area (Å²) in [6.07, 6.45) is 0. The Morgan fingerprint density at radius 1 is 1.26 bits per heavy atom. The van der Waals surface area contributed by atoms with Gasteiger partial charge in [-0.2, -0.15) is 0 Å². The molecule has 1 heterocycles. The van der Waals surface area contributed by atoms with E-state index in [0.717, 1.165) is 22.4 Å². The number of nitrogens with one attached hydrogen (secondary N) is 1. The zero-order valence-electron chi connectivity index (χ0n) is 10.3. The van der Waals surface area contributed by atoms with Crippen LogP contribution in [0.5, 0.6) is 5.75 Å². The van der Waals surface area contributed by atoms with E-state index < -0.39 is 0 Å². The maximum Gasteiger partial charge on any atom is 0.141 e. The number of benzene rings is 2. The first-order valence-corrected chi connectivity index (χ1v) is 6.15. The lowest BCUT2D eigenvalue weighted by atomic mass is 10.2. The number of anilines is 1. The van der Waals surface area contributed by atoms with E-state index in [2.05, 4.69) is 9.97 Å². The highest BCUT2D eigenvalue weighted by Gasteiger charge is 2.09. The Kier molecular flexibility index (Phi) is 2.80. The van der Waals surface area contributed by atoms with Gasteiger partial charge in [-0.1, -0.05) is 17.7 Å². The van der Waals surface area contributed by atoms with Crippen LogP contribution in [0, 0.1) is 0 Å². The number of nitrogen functional groups attached to an aromatic ring is 1. The molecular weight excluding hydrogens is 262 g/mol. The van der Waals surface area contributed by atoms with Crippen LogP contribution in [0.3, 0.4) is 0 Å². The largest absolute Gasteiger partial charge is 0.495 e. The highest BCUT2D eigenvalue weighted by atomic mass is 35.5. The fourth-order valence-electron chi connectivity index (χ4n) is 2.02. The second-order valence-electron chi connectivity index (χ2n) is 4.18. The summed E-state index contributed by atoms with van der Waals surface area (Å²) in [5, 5.41) is 0.626. The molecule has 0 saturated heterocycles. The summed E-state index contributed by atoms with van der Waals surface area (Å²) >= 11 is 6.11. The summed E-state index contributed by atoms with van der Waals surface area (Å²) in [4.78, 5) is 7.72. The molecule has 0 amide bonds. The molecule has 0 spiro atoms. The molecule has 3 rings (SSSR count). The van der Waals surface area contributed by atoms with E-state index in [0.29, 0.717) is 16.5 Å². The Hall–Kier alpha value is -2.20. The highest BCUT2D eigenvalue weighted by molar-refractivity contribution is 6.35. The minimum atomic E-state index is 0.576. The van der Waals surface area contributed by atoms with Gasteiger partial charge in [0.15, 0.2) is 0 Å². The van der Waals surface area contributed by atoms with Crippen LogP contribution >= 0.6 is 11.6 Å². The summed E-state index contributed by atoms with van der Waals surface area (Å²) in [6.45, 7) is 0. The van der Waals surface area contributed by atoms with Crippen molar-refractivity contribution < 1.29 is 4.74 Å². The molecule has 1 aromatic heterocycles. The van der Waals surface area contributed by atoms with E-state index >= 15 is 0 Å². The molecule has 0 aliphatic rings. The lowest BCUT2D eigenvalue weighted by molar-refractivity contribution is 0.417. The van der Waals surface area contributed by atoms with Gasteiger partial charge in [-0.15, -0.1) is 0 Å². The number of rotatable bonds is 2.